The van der Waals surface area contributed by atoms with Crippen molar-refractivity contribution < 1.29 is 18.7 Å². The molecule has 2 aromatic rings. The van der Waals surface area contributed by atoms with Crippen LogP contribution in [-0.4, -0.2) is 48.3 Å². The number of ether oxygens (including phenoxy) is 2. The summed E-state index contributed by atoms with van der Waals surface area (Å²) in [6, 6.07) is 4.39. The van der Waals surface area contributed by atoms with Gasteiger partial charge >= 0.3 is 0 Å². The number of nitrogens with one attached hydrogen (secondary N) is 2. The summed E-state index contributed by atoms with van der Waals surface area (Å²) >= 11 is 0. The van der Waals surface area contributed by atoms with Gasteiger partial charge in [-0.25, -0.2) is 9.37 Å². The molecular weight excluding hydrogens is 277 g/mol. The first-order valence-electron chi connectivity index (χ1n) is 6.83. The predicted molar refractivity (Wildman–Crippen MR) is 73.3 cm³/mol. The van der Waals surface area contributed by atoms with Crippen molar-refractivity contribution in [2.45, 2.75) is 12.5 Å². The Bertz CT molecular complexity index is 637. The van der Waals surface area contributed by atoms with Gasteiger partial charge in [-0.3, -0.25) is 4.79 Å². The van der Waals surface area contributed by atoms with E-state index < -0.39 is 6.10 Å². The van der Waals surface area contributed by atoms with Crippen molar-refractivity contribution in [2.75, 3.05) is 26.4 Å². The fourth-order valence-electron chi connectivity index (χ4n) is 2.21. The fraction of sp³-hybridized carbons (Fsp3) is 0.429. The largest absolute Gasteiger partial charge is 0.376 e. The highest BCUT2D eigenvalue weighted by molar-refractivity contribution is 5.81. The van der Waals surface area contributed by atoms with E-state index in [9.17, 15) is 9.18 Å². The molecule has 1 fully saturated rings. The third-order valence-corrected chi connectivity index (χ3v) is 3.26. The van der Waals surface area contributed by atoms with Crippen LogP contribution in [0.3, 0.4) is 0 Å². The third kappa shape index (κ3) is 3.37. The highest BCUT2D eigenvalue weighted by atomic mass is 19.1. The maximum Gasteiger partial charge on any atom is 0.251 e. The minimum Gasteiger partial charge on any atom is -0.376 e. The van der Waals surface area contributed by atoms with Crippen LogP contribution in [0.25, 0.3) is 11.0 Å². The lowest BCUT2D eigenvalue weighted by molar-refractivity contribution is -0.147. The summed E-state index contributed by atoms with van der Waals surface area (Å²) in [6.07, 6.45) is -0.00109. The van der Waals surface area contributed by atoms with E-state index >= 15 is 0 Å². The maximum atomic E-state index is 13.1. The number of hydrogen-bond donors (Lipinski definition) is 2. The Balaban J connectivity index is 1.53. The number of carbonyl (C=O) groups excluding carboxylic acids is 1. The summed E-state index contributed by atoms with van der Waals surface area (Å²) in [5.41, 5.74) is 1.36. The molecule has 6 nitrogen and oxygen atoms in total. The topological polar surface area (TPSA) is 76.2 Å². The minimum atomic E-state index is -0.538. The van der Waals surface area contributed by atoms with Crippen molar-refractivity contribution in [1.29, 1.82) is 0 Å². The molecule has 0 aliphatic carbocycles. The van der Waals surface area contributed by atoms with E-state index in [1.54, 1.807) is 6.07 Å². The molecule has 7 heteroatoms. The average Bonchev–Trinajstić information content (AvgIpc) is 2.89. The van der Waals surface area contributed by atoms with Crippen molar-refractivity contribution in [3.8, 4) is 0 Å². The zero-order valence-corrected chi connectivity index (χ0v) is 11.4. The Hall–Kier alpha value is -1.99. The van der Waals surface area contributed by atoms with Crippen LogP contribution in [-0.2, 0) is 20.7 Å². The standard InChI is InChI=1S/C14H16FN3O3/c15-9-1-2-10-11(7-9)18-13(17-10)3-4-16-14(19)12-8-20-5-6-21-12/h1-2,7,12H,3-6,8H2,(H,16,19)(H,17,18)/t12-/m0/s1. The smallest absolute Gasteiger partial charge is 0.251 e. The Morgan fingerprint density at radius 3 is 3.19 bits per heavy atom. The molecule has 0 saturated carbocycles. The van der Waals surface area contributed by atoms with Gasteiger partial charge in [0.1, 0.15) is 11.6 Å². The summed E-state index contributed by atoms with van der Waals surface area (Å²) in [5.74, 6) is 0.217. The lowest BCUT2D eigenvalue weighted by atomic mass is 10.3. The number of rotatable bonds is 4. The second-order valence-electron chi connectivity index (χ2n) is 4.82. The number of aromatic nitrogens is 2. The van der Waals surface area contributed by atoms with Crippen LogP contribution in [0, 0.1) is 5.82 Å². The minimum absolute atomic E-state index is 0.183. The maximum absolute atomic E-state index is 13.1. The normalized spacial score (nSPS) is 18.8. The lowest BCUT2D eigenvalue weighted by Gasteiger charge is -2.21. The number of H-pyrrole nitrogens is 1. The van der Waals surface area contributed by atoms with Crippen LogP contribution in [0.4, 0.5) is 4.39 Å². The number of amides is 1. The van der Waals surface area contributed by atoms with Gasteiger partial charge in [0.15, 0.2) is 6.10 Å². The van der Waals surface area contributed by atoms with Gasteiger partial charge in [0, 0.05) is 13.0 Å². The predicted octanol–water partition coefficient (Wildman–Crippen LogP) is 0.776. The van der Waals surface area contributed by atoms with Gasteiger partial charge in [0.25, 0.3) is 5.91 Å². The third-order valence-electron chi connectivity index (χ3n) is 3.26. The molecular formula is C14H16FN3O3. The quantitative estimate of drug-likeness (QED) is 0.873. The zero-order valence-electron chi connectivity index (χ0n) is 11.4. The monoisotopic (exact) mass is 293 g/mol. The molecule has 2 heterocycles. The van der Waals surface area contributed by atoms with E-state index in [1.165, 1.54) is 12.1 Å². The fourth-order valence-corrected chi connectivity index (χ4v) is 2.21. The summed E-state index contributed by atoms with van der Waals surface area (Å²) in [6.45, 7) is 1.68. The van der Waals surface area contributed by atoms with E-state index in [2.05, 4.69) is 15.3 Å². The number of hydrogen-bond acceptors (Lipinski definition) is 4. The first kappa shape index (κ1) is 14.0. The SMILES string of the molecule is O=C(NCCc1nc2ccc(F)cc2[nH]1)[C@@H]1COCCO1. The summed E-state index contributed by atoms with van der Waals surface area (Å²) in [4.78, 5) is 19.2. The van der Waals surface area contributed by atoms with Crippen molar-refractivity contribution in [3.63, 3.8) is 0 Å². The Morgan fingerprint density at radius 2 is 2.38 bits per heavy atom. The zero-order chi connectivity index (χ0) is 14.7. The molecule has 1 aromatic heterocycles. The van der Waals surface area contributed by atoms with Crippen molar-refractivity contribution in [2.24, 2.45) is 0 Å². The molecule has 21 heavy (non-hydrogen) atoms. The van der Waals surface area contributed by atoms with Crippen molar-refractivity contribution in [3.05, 3.63) is 29.8 Å². The summed E-state index contributed by atoms with van der Waals surface area (Å²) in [5, 5.41) is 2.78. The van der Waals surface area contributed by atoms with Gasteiger partial charge in [-0.1, -0.05) is 0 Å². The number of imidazole rings is 1. The van der Waals surface area contributed by atoms with Gasteiger partial charge in [-0.05, 0) is 18.2 Å². The molecule has 0 bridgehead atoms. The van der Waals surface area contributed by atoms with Crippen LogP contribution >= 0.6 is 0 Å². The molecule has 0 unspecified atom stereocenters. The van der Waals surface area contributed by atoms with Gasteiger partial charge in [0.2, 0.25) is 0 Å². The molecule has 0 radical (unpaired) electrons. The van der Waals surface area contributed by atoms with Gasteiger partial charge < -0.3 is 19.8 Å². The highest BCUT2D eigenvalue weighted by Gasteiger charge is 2.22. The highest BCUT2D eigenvalue weighted by Crippen LogP contribution is 2.13. The van der Waals surface area contributed by atoms with Crippen LogP contribution in [0.15, 0.2) is 18.2 Å². The van der Waals surface area contributed by atoms with Crippen LogP contribution in [0.2, 0.25) is 0 Å². The van der Waals surface area contributed by atoms with Gasteiger partial charge in [-0.2, -0.15) is 0 Å². The van der Waals surface area contributed by atoms with E-state index in [1.807, 2.05) is 0 Å². The van der Waals surface area contributed by atoms with Crippen LogP contribution in [0.1, 0.15) is 5.82 Å². The van der Waals surface area contributed by atoms with E-state index in [-0.39, 0.29) is 18.3 Å². The number of benzene rings is 1. The van der Waals surface area contributed by atoms with Crippen LogP contribution in [0.5, 0.6) is 0 Å². The summed E-state index contributed by atoms with van der Waals surface area (Å²) in [7, 11) is 0. The number of halogens is 1. The molecule has 1 amide bonds. The Morgan fingerprint density at radius 1 is 1.48 bits per heavy atom. The second-order valence-corrected chi connectivity index (χ2v) is 4.82. The molecule has 1 aliphatic rings. The second kappa shape index (κ2) is 6.19. The molecule has 112 valence electrons. The van der Waals surface area contributed by atoms with E-state index in [0.717, 1.165) is 0 Å². The summed E-state index contributed by atoms with van der Waals surface area (Å²) < 4.78 is 23.6. The molecule has 1 saturated heterocycles. The molecule has 0 spiro atoms. The van der Waals surface area contributed by atoms with Crippen molar-refractivity contribution in [1.82, 2.24) is 15.3 Å². The molecule has 3 rings (SSSR count). The number of aromatic amines is 1. The first-order valence-corrected chi connectivity index (χ1v) is 6.83. The molecule has 1 atom stereocenters. The molecule has 1 aromatic carbocycles. The van der Waals surface area contributed by atoms with E-state index in [4.69, 9.17) is 9.47 Å². The number of nitrogens with zero attached hydrogens (tertiary/aromatic N) is 1. The first-order chi connectivity index (χ1) is 10.2. The van der Waals surface area contributed by atoms with Crippen LogP contribution < -0.4 is 5.32 Å². The van der Waals surface area contributed by atoms with Crippen molar-refractivity contribution >= 4 is 16.9 Å². The van der Waals surface area contributed by atoms with Gasteiger partial charge in [0.05, 0.1) is 30.9 Å². The Labute approximate surface area is 120 Å². The van der Waals surface area contributed by atoms with Gasteiger partial charge in [-0.15, -0.1) is 0 Å². The Kier molecular flexibility index (Phi) is 4.12. The van der Waals surface area contributed by atoms with E-state index in [0.29, 0.717) is 43.0 Å². The number of fused-ring (bicyclic) bond motifs is 1. The number of carbonyl (C=O) groups is 1. The molecule has 1 aliphatic heterocycles. The average molecular weight is 293 g/mol. The lowest BCUT2D eigenvalue weighted by Crippen LogP contribution is -2.43. The molecule has 2 N–H and O–H groups in total.